The number of anilines is 1. The van der Waals surface area contributed by atoms with Crippen molar-refractivity contribution in [3.05, 3.63) is 65.4 Å². The fourth-order valence-electron chi connectivity index (χ4n) is 4.19. The molecule has 2 aromatic rings. The van der Waals surface area contributed by atoms with Gasteiger partial charge in [0.25, 0.3) is 11.8 Å². The van der Waals surface area contributed by atoms with Crippen LogP contribution >= 0.6 is 0 Å². The monoisotopic (exact) mass is 442 g/mol. The largest absolute Gasteiger partial charge is 0.494 e. The molecule has 32 heavy (non-hydrogen) atoms. The van der Waals surface area contributed by atoms with Crippen molar-refractivity contribution in [2.24, 2.45) is 0 Å². The predicted octanol–water partition coefficient (Wildman–Crippen LogP) is 3.76. The van der Waals surface area contributed by atoms with Crippen LogP contribution < -0.4 is 9.64 Å². The van der Waals surface area contributed by atoms with Crippen molar-refractivity contribution in [2.75, 3.05) is 24.6 Å². The number of rotatable bonds is 5. The maximum Gasteiger partial charge on any atom is 0.282 e. The molecule has 4 rings (SSSR count). The molecule has 2 aliphatic rings. The molecule has 2 unspecified atom stereocenters. The zero-order valence-corrected chi connectivity index (χ0v) is 18.1. The first-order chi connectivity index (χ1) is 15.3. The van der Waals surface area contributed by atoms with E-state index in [1.165, 1.54) is 0 Å². The van der Waals surface area contributed by atoms with Gasteiger partial charge in [0.15, 0.2) is 0 Å². The zero-order valence-electron chi connectivity index (χ0n) is 18.1. The third-order valence-electron chi connectivity index (χ3n) is 5.40. The molecule has 2 amide bonds. The number of hydrogen-bond donors (Lipinski definition) is 0. The number of benzene rings is 2. The van der Waals surface area contributed by atoms with E-state index in [1.807, 2.05) is 20.8 Å². The van der Waals surface area contributed by atoms with Crippen LogP contribution in [0, 0.1) is 11.6 Å². The van der Waals surface area contributed by atoms with E-state index in [0.29, 0.717) is 35.9 Å². The van der Waals surface area contributed by atoms with Crippen molar-refractivity contribution in [1.29, 1.82) is 0 Å². The van der Waals surface area contributed by atoms with E-state index >= 15 is 0 Å². The summed E-state index contributed by atoms with van der Waals surface area (Å²) in [7, 11) is 0. The summed E-state index contributed by atoms with van der Waals surface area (Å²) in [5.41, 5.74) is 0.383. The zero-order chi connectivity index (χ0) is 23.0. The SMILES string of the molecule is CCOc1ccc(C2=C(N3CC(C)OC(C)C3)C(=O)N(c3cc(F)ccc3F)C2=O)cc1. The molecular weight excluding hydrogens is 418 g/mol. The van der Waals surface area contributed by atoms with Gasteiger partial charge in [-0.05, 0) is 50.6 Å². The van der Waals surface area contributed by atoms with Crippen LogP contribution in [0.15, 0.2) is 48.2 Å². The van der Waals surface area contributed by atoms with Gasteiger partial charge in [-0.3, -0.25) is 9.59 Å². The van der Waals surface area contributed by atoms with Gasteiger partial charge in [0.1, 0.15) is 23.1 Å². The van der Waals surface area contributed by atoms with Gasteiger partial charge in [-0.25, -0.2) is 13.7 Å². The fraction of sp³-hybridized carbons (Fsp3) is 0.333. The second kappa shape index (κ2) is 8.70. The van der Waals surface area contributed by atoms with Gasteiger partial charge >= 0.3 is 0 Å². The van der Waals surface area contributed by atoms with E-state index in [2.05, 4.69) is 0 Å². The lowest BCUT2D eigenvalue weighted by Gasteiger charge is -2.37. The highest BCUT2D eigenvalue weighted by Crippen LogP contribution is 2.37. The first kappa shape index (κ1) is 22.0. The van der Waals surface area contributed by atoms with Gasteiger partial charge < -0.3 is 14.4 Å². The molecular formula is C24H24F2N2O4. The summed E-state index contributed by atoms with van der Waals surface area (Å²) in [5.74, 6) is -2.37. The van der Waals surface area contributed by atoms with Gasteiger partial charge in [-0.2, -0.15) is 0 Å². The molecule has 0 bridgehead atoms. The summed E-state index contributed by atoms with van der Waals surface area (Å²) in [6.07, 6.45) is -0.341. The molecule has 2 aliphatic heterocycles. The quantitative estimate of drug-likeness (QED) is 0.660. The third-order valence-corrected chi connectivity index (χ3v) is 5.40. The van der Waals surface area contributed by atoms with Gasteiger partial charge in [0.2, 0.25) is 0 Å². The van der Waals surface area contributed by atoms with Crippen molar-refractivity contribution < 1.29 is 27.8 Å². The Kier molecular flexibility index (Phi) is 5.97. The van der Waals surface area contributed by atoms with Crippen LogP contribution in [0.3, 0.4) is 0 Å². The minimum absolute atomic E-state index is 0.142. The number of hydrogen-bond acceptors (Lipinski definition) is 5. The Morgan fingerprint density at radius 1 is 1.00 bits per heavy atom. The minimum Gasteiger partial charge on any atom is -0.494 e. The second-order valence-corrected chi connectivity index (χ2v) is 7.88. The predicted molar refractivity (Wildman–Crippen MR) is 115 cm³/mol. The molecule has 0 spiro atoms. The van der Waals surface area contributed by atoms with Crippen molar-refractivity contribution in [3.8, 4) is 5.75 Å². The fourth-order valence-corrected chi connectivity index (χ4v) is 4.19. The molecule has 2 heterocycles. The minimum atomic E-state index is -0.857. The summed E-state index contributed by atoms with van der Waals surface area (Å²) in [6.45, 7) is 6.88. The molecule has 0 N–H and O–H groups in total. The summed E-state index contributed by atoms with van der Waals surface area (Å²) >= 11 is 0. The van der Waals surface area contributed by atoms with E-state index in [0.717, 1.165) is 18.2 Å². The third kappa shape index (κ3) is 3.98. The number of ether oxygens (including phenoxy) is 2. The van der Waals surface area contributed by atoms with Crippen molar-refractivity contribution >= 4 is 23.1 Å². The molecule has 168 valence electrons. The smallest absolute Gasteiger partial charge is 0.282 e. The highest BCUT2D eigenvalue weighted by Gasteiger charge is 2.44. The van der Waals surface area contributed by atoms with Gasteiger partial charge in [0.05, 0.1) is 30.1 Å². The molecule has 1 fully saturated rings. The van der Waals surface area contributed by atoms with Crippen LogP contribution in [0.5, 0.6) is 5.75 Å². The number of morpholine rings is 1. The topological polar surface area (TPSA) is 59.1 Å². The molecule has 8 heteroatoms. The number of carbonyl (C=O) groups is 2. The lowest BCUT2D eigenvalue weighted by Crippen LogP contribution is -2.47. The average molecular weight is 442 g/mol. The molecule has 6 nitrogen and oxygen atoms in total. The summed E-state index contributed by atoms with van der Waals surface area (Å²) in [5, 5.41) is 0. The Labute approximate surface area is 185 Å². The molecule has 2 aromatic carbocycles. The van der Waals surface area contributed by atoms with E-state index in [-0.39, 0.29) is 23.5 Å². The first-order valence-electron chi connectivity index (χ1n) is 10.5. The van der Waals surface area contributed by atoms with E-state index < -0.39 is 29.1 Å². The van der Waals surface area contributed by atoms with E-state index in [1.54, 1.807) is 29.2 Å². The van der Waals surface area contributed by atoms with Crippen LogP contribution in [0.25, 0.3) is 5.57 Å². The van der Waals surface area contributed by atoms with Crippen LogP contribution in [0.4, 0.5) is 14.5 Å². The maximum absolute atomic E-state index is 14.5. The highest BCUT2D eigenvalue weighted by molar-refractivity contribution is 6.45. The molecule has 0 saturated carbocycles. The Balaban J connectivity index is 1.83. The normalized spacial score (nSPS) is 21.5. The Morgan fingerprint density at radius 3 is 2.28 bits per heavy atom. The first-order valence-corrected chi connectivity index (χ1v) is 10.5. The van der Waals surface area contributed by atoms with Crippen LogP contribution in [0.1, 0.15) is 26.3 Å². The van der Waals surface area contributed by atoms with E-state index in [9.17, 15) is 18.4 Å². The molecule has 2 atom stereocenters. The van der Waals surface area contributed by atoms with Crippen LogP contribution in [-0.2, 0) is 14.3 Å². The van der Waals surface area contributed by atoms with Crippen LogP contribution in [-0.4, -0.2) is 48.6 Å². The van der Waals surface area contributed by atoms with Crippen molar-refractivity contribution in [2.45, 2.75) is 33.0 Å². The number of halogens is 2. The highest BCUT2D eigenvalue weighted by atomic mass is 19.1. The van der Waals surface area contributed by atoms with Crippen molar-refractivity contribution in [1.82, 2.24) is 4.90 Å². The van der Waals surface area contributed by atoms with Gasteiger partial charge in [0, 0.05) is 19.2 Å². The number of amides is 2. The molecule has 0 radical (unpaired) electrons. The van der Waals surface area contributed by atoms with Crippen LogP contribution in [0.2, 0.25) is 0 Å². The summed E-state index contributed by atoms with van der Waals surface area (Å²) < 4.78 is 39.7. The number of nitrogens with zero attached hydrogens (tertiary/aromatic N) is 2. The van der Waals surface area contributed by atoms with Gasteiger partial charge in [-0.15, -0.1) is 0 Å². The second-order valence-electron chi connectivity index (χ2n) is 7.88. The standard InChI is InChI=1S/C24H24F2N2O4/c1-4-31-18-8-5-16(6-9-18)21-22(27-12-14(2)32-15(3)13-27)24(30)28(23(21)29)20-11-17(25)7-10-19(20)26/h5-11,14-15H,4,12-13H2,1-3H3. The lowest BCUT2D eigenvalue weighted by molar-refractivity contribution is -0.121. The molecule has 0 aliphatic carbocycles. The summed E-state index contributed by atoms with van der Waals surface area (Å²) in [6, 6.07) is 9.48. The average Bonchev–Trinajstić information content (AvgIpc) is 3.00. The molecule has 1 saturated heterocycles. The number of imide groups is 1. The van der Waals surface area contributed by atoms with Gasteiger partial charge in [-0.1, -0.05) is 12.1 Å². The van der Waals surface area contributed by atoms with Crippen molar-refractivity contribution in [3.63, 3.8) is 0 Å². The maximum atomic E-state index is 14.5. The Bertz CT molecular complexity index is 1070. The number of carbonyl (C=O) groups excluding carboxylic acids is 2. The van der Waals surface area contributed by atoms with E-state index in [4.69, 9.17) is 9.47 Å². The Morgan fingerprint density at radius 2 is 1.66 bits per heavy atom. The summed E-state index contributed by atoms with van der Waals surface area (Å²) in [4.78, 5) is 29.5. The Hall–Kier alpha value is -3.26. The molecule has 0 aromatic heterocycles. The lowest BCUT2D eigenvalue weighted by atomic mass is 10.0.